The molecule has 0 aromatic rings. The van der Waals surface area contributed by atoms with Crippen molar-refractivity contribution in [2.45, 2.75) is 40.2 Å². The lowest BCUT2D eigenvalue weighted by Gasteiger charge is -2.20. The predicted octanol–water partition coefficient (Wildman–Crippen LogP) is 5.12. The molecule has 1 rings (SSSR count). The lowest BCUT2D eigenvalue weighted by Crippen LogP contribution is -2.27. The Kier molecular flexibility index (Phi) is 6.43. The summed E-state index contributed by atoms with van der Waals surface area (Å²) in [5.74, 6) is -0.569. The molecule has 0 radical (unpaired) electrons. The topological polar surface area (TPSA) is 12.0 Å². The Morgan fingerprint density at radius 2 is 2.05 bits per heavy atom. The van der Waals surface area contributed by atoms with Gasteiger partial charge in [0.2, 0.25) is 0 Å². The third kappa shape index (κ3) is 5.16. The summed E-state index contributed by atoms with van der Waals surface area (Å²) in [5.41, 5.74) is 2.04. The molecule has 0 heterocycles. The normalized spacial score (nSPS) is 21.2. The van der Waals surface area contributed by atoms with Crippen molar-refractivity contribution in [3.63, 3.8) is 0 Å². The van der Waals surface area contributed by atoms with Crippen LogP contribution in [-0.2, 0) is 0 Å². The number of halogens is 2. The zero-order valence-electron chi connectivity index (χ0n) is 12.6. The molecule has 0 aromatic carbocycles. The minimum Gasteiger partial charge on any atom is -0.379 e. The van der Waals surface area contributed by atoms with Gasteiger partial charge in [-0.15, -0.1) is 0 Å². The lowest BCUT2D eigenvalue weighted by atomic mass is 10.0. The zero-order chi connectivity index (χ0) is 15.1. The summed E-state index contributed by atoms with van der Waals surface area (Å²) < 4.78 is 26.5. The maximum atomic E-state index is 13.2. The Morgan fingerprint density at radius 3 is 2.55 bits per heavy atom. The van der Waals surface area contributed by atoms with E-state index >= 15 is 0 Å². The van der Waals surface area contributed by atoms with E-state index in [0.717, 1.165) is 11.8 Å². The van der Waals surface area contributed by atoms with Gasteiger partial charge in [-0.25, -0.2) is 8.78 Å². The molecule has 0 fully saturated rings. The Labute approximate surface area is 120 Å². The summed E-state index contributed by atoms with van der Waals surface area (Å²) in [6, 6.07) is -0.346. The van der Waals surface area contributed by atoms with Crippen LogP contribution in [0.2, 0.25) is 0 Å². The van der Waals surface area contributed by atoms with E-state index in [9.17, 15) is 8.78 Å². The van der Waals surface area contributed by atoms with Gasteiger partial charge in [-0.05, 0) is 37.5 Å². The molecular weight excluding hydrogens is 256 g/mol. The Balaban J connectivity index is 2.84. The molecule has 0 aliphatic heterocycles. The average molecular weight is 279 g/mol. The maximum absolute atomic E-state index is 13.2. The largest absolute Gasteiger partial charge is 0.379 e. The fourth-order valence-corrected chi connectivity index (χ4v) is 2.01. The first-order valence-electron chi connectivity index (χ1n) is 6.96. The third-order valence-corrected chi connectivity index (χ3v) is 3.08. The first kappa shape index (κ1) is 16.4. The van der Waals surface area contributed by atoms with Gasteiger partial charge >= 0.3 is 0 Å². The molecule has 1 aliphatic carbocycles. The predicted molar refractivity (Wildman–Crippen MR) is 81.4 cm³/mol. The Bertz CT molecular complexity index is 479. The first-order valence-corrected chi connectivity index (χ1v) is 6.96. The van der Waals surface area contributed by atoms with E-state index in [0.29, 0.717) is 5.92 Å². The summed E-state index contributed by atoms with van der Waals surface area (Å²) in [4.78, 5) is 0. The minimum absolute atomic E-state index is 0.180. The van der Waals surface area contributed by atoms with Crippen LogP contribution < -0.4 is 5.32 Å². The quantitative estimate of drug-likeness (QED) is 0.689. The van der Waals surface area contributed by atoms with Crippen LogP contribution in [0, 0.1) is 5.92 Å². The van der Waals surface area contributed by atoms with Crippen molar-refractivity contribution in [2.24, 2.45) is 5.92 Å². The molecule has 0 aromatic heterocycles. The molecule has 1 unspecified atom stereocenters. The summed E-state index contributed by atoms with van der Waals surface area (Å²) in [6.07, 6.45) is 10.5. The monoisotopic (exact) mass is 279 g/mol. The first-order chi connectivity index (χ1) is 9.46. The average Bonchev–Trinajstić information content (AvgIpc) is 2.35. The molecule has 1 atom stereocenters. The second-order valence-electron chi connectivity index (χ2n) is 5.14. The van der Waals surface area contributed by atoms with Gasteiger partial charge in [0.1, 0.15) is 11.7 Å². The Hall–Kier alpha value is -1.64. The van der Waals surface area contributed by atoms with Crippen LogP contribution in [0.4, 0.5) is 8.78 Å². The summed E-state index contributed by atoms with van der Waals surface area (Å²) in [7, 11) is 0. The summed E-state index contributed by atoms with van der Waals surface area (Å²) >= 11 is 0. The highest BCUT2D eigenvalue weighted by molar-refractivity contribution is 5.32. The van der Waals surface area contributed by atoms with Gasteiger partial charge in [-0.1, -0.05) is 32.1 Å². The molecular formula is C17H23F2N. The number of rotatable bonds is 5. The molecule has 110 valence electrons. The molecule has 0 amide bonds. The number of allylic oxidation sites excluding steroid dienone is 7. The van der Waals surface area contributed by atoms with Crippen molar-refractivity contribution >= 4 is 0 Å². The lowest BCUT2D eigenvalue weighted by molar-refractivity contribution is 0.509. The number of nitrogens with one attached hydrogen (secondary N) is 1. The molecule has 0 spiro atoms. The van der Waals surface area contributed by atoms with Crippen molar-refractivity contribution in [2.75, 3.05) is 0 Å². The summed E-state index contributed by atoms with van der Waals surface area (Å²) in [6.45, 7) is 8.10. The zero-order valence-corrected chi connectivity index (χ0v) is 12.6. The van der Waals surface area contributed by atoms with Crippen molar-refractivity contribution in [3.05, 3.63) is 59.4 Å². The van der Waals surface area contributed by atoms with Gasteiger partial charge in [0.15, 0.2) is 0 Å². The van der Waals surface area contributed by atoms with Crippen molar-refractivity contribution in [3.8, 4) is 0 Å². The van der Waals surface area contributed by atoms with E-state index in [1.54, 1.807) is 0 Å². The highest BCUT2D eigenvalue weighted by atomic mass is 19.1. The third-order valence-electron chi connectivity index (χ3n) is 3.08. The van der Waals surface area contributed by atoms with E-state index in [1.165, 1.54) is 11.6 Å². The molecule has 1 nitrogen and oxygen atoms in total. The molecule has 1 N–H and O–H groups in total. The van der Waals surface area contributed by atoms with Crippen LogP contribution in [0.25, 0.3) is 0 Å². The van der Waals surface area contributed by atoms with E-state index in [2.05, 4.69) is 19.2 Å². The molecule has 0 bridgehead atoms. The van der Waals surface area contributed by atoms with Crippen LogP contribution >= 0.6 is 0 Å². The van der Waals surface area contributed by atoms with E-state index < -0.39 is 11.7 Å². The molecule has 20 heavy (non-hydrogen) atoms. The van der Waals surface area contributed by atoms with Gasteiger partial charge in [-0.2, -0.15) is 0 Å². The second-order valence-corrected chi connectivity index (χ2v) is 5.14. The van der Waals surface area contributed by atoms with Gasteiger partial charge in [0.25, 0.3) is 0 Å². The van der Waals surface area contributed by atoms with Crippen LogP contribution in [0.15, 0.2) is 59.4 Å². The van der Waals surface area contributed by atoms with Gasteiger partial charge < -0.3 is 5.32 Å². The number of hydrogen-bond acceptors (Lipinski definition) is 1. The fourth-order valence-electron chi connectivity index (χ4n) is 2.01. The van der Waals surface area contributed by atoms with Gasteiger partial charge in [0, 0.05) is 18.2 Å². The number of hydrogen-bond donors (Lipinski definition) is 1. The minimum atomic E-state index is -0.525. The molecule has 0 saturated carbocycles. The van der Waals surface area contributed by atoms with Crippen molar-refractivity contribution in [1.82, 2.24) is 5.32 Å². The van der Waals surface area contributed by atoms with Gasteiger partial charge in [-0.3, -0.25) is 0 Å². The van der Waals surface area contributed by atoms with Crippen LogP contribution in [0.5, 0.6) is 0 Å². The van der Waals surface area contributed by atoms with Crippen LogP contribution in [0.3, 0.4) is 0 Å². The SMILES string of the molecule is C\C=C/C(=C/C(=C\C)NC1C=C(F)C=C(F)C1)C(C)C. The molecule has 3 heteroatoms. The Morgan fingerprint density at radius 1 is 1.35 bits per heavy atom. The molecule has 0 saturated heterocycles. The van der Waals surface area contributed by atoms with E-state index in [1.807, 2.05) is 38.2 Å². The van der Waals surface area contributed by atoms with Gasteiger partial charge in [0.05, 0.1) is 6.04 Å². The van der Waals surface area contributed by atoms with Crippen LogP contribution in [0.1, 0.15) is 34.1 Å². The highest BCUT2D eigenvalue weighted by Crippen LogP contribution is 2.21. The molecule has 1 aliphatic rings. The van der Waals surface area contributed by atoms with E-state index in [4.69, 9.17) is 0 Å². The van der Waals surface area contributed by atoms with Crippen LogP contribution in [-0.4, -0.2) is 6.04 Å². The van der Waals surface area contributed by atoms with E-state index in [-0.39, 0.29) is 12.5 Å². The standard InChI is InChI=1S/C17H23F2N/c1-5-7-13(12(3)4)8-16(6-2)20-17-10-14(18)9-15(19)11-17/h5-10,12,17,20H,11H2,1-4H3/b7-5-,13-8-,16-6+. The maximum Gasteiger partial charge on any atom is 0.123 e. The smallest absolute Gasteiger partial charge is 0.123 e. The second kappa shape index (κ2) is 7.83. The van der Waals surface area contributed by atoms with Crippen molar-refractivity contribution in [1.29, 1.82) is 0 Å². The van der Waals surface area contributed by atoms with Crippen molar-refractivity contribution < 1.29 is 8.78 Å². The fraction of sp³-hybridized carbons (Fsp3) is 0.412. The highest BCUT2D eigenvalue weighted by Gasteiger charge is 2.15. The summed E-state index contributed by atoms with van der Waals surface area (Å²) in [5, 5.41) is 3.16.